The predicted octanol–water partition coefficient (Wildman–Crippen LogP) is 4.28. The number of para-hydroxylation sites is 1. The summed E-state index contributed by atoms with van der Waals surface area (Å²) in [5, 5.41) is 0.573. The lowest BCUT2D eigenvalue weighted by Crippen LogP contribution is -2.33. The summed E-state index contributed by atoms with van der Waals surface area (Å²) in [6, 6.07) is 17.4. The molecule has 2 aromatic carbocycles. The van der Waals surface area contributed by atoms with E-state index in [0.29, 0.717) is 42.2 Å². The van der Waals surface area contributed by atoms with Gasteiger partial charge in [0.1, 0.15) is 5.82 Å². The molecule has 3 atom stereocenters. The highest BCUT2D eigenvalue weighted by atomic mass is 16.2. The van der Waals surface area contributed by atoms with Crippen molar-refractivity contribution in [1.29, 1.82) is 0 Å². The van der Waals surface area contributed by atoms with Crippen LogP contribution in [0.1, 0.15) is 43.5 Å². The summed E-state index contributed by atoms with van der Waals surface area (Å²) in [6.45, 7) is 0.839. The summed E-state index contributed by atoms with van der Waals surface area (Å²) in [7, 11) is 0. The largest absolute Gasteiger partial charge is 0.331 e. The van der Waals surface area contributed by atoms with Crippen LogP contribution in [-0.4, -0.2) is 20.8 Å². The standard InChI is InChI=1S/C25H27N3O2/c29-24(14-20-13-18-10-11-19(20)12-18)28(15-17-6-2-1-3-7-17)16-23-26-22-9-5-4-8-21(22)25(30)27-23/h1-9,18-20H,10-16H2,(H,26,27,30)/t18-,19-,20+/m0/s1. The third-order valence-corrected chi connectivity index (χ3v) is 6.89. The molecule has 0 aliphatic heterocycles. The van der Waals surface area contributed by atoms with Gasteiger partial charge in [-0.05, 0) is 54.7 Å². The van der Waals surface area contributed by atoms with Gasteiger partial charge in [0.15, 0.2) is 0 Å². The number of nitrogens with one attached hydrogen (secondary N) is 1. The van der Waals surface area contributed by atoms with Gasteiger partial charge in [0.25, 0.3) is 5.56 Å². The summed E-state index contributed by atoms with van der Waals surface area (Å²) in [6.07, 6.45) is 5.72. The molecule has 1 N–H and O–H groups in total. The number of hydrogen-bond donors (Lipinski definition) is 1. The van der Waals surface area contributed by atoms with Crippen LogP contribution in [0.2, 0.25) is 0 Å². The van der Waals surface area contributed by atoms with Crippen molar-refractivity contribution in [2.24, 2.45) is 17.8 Å². The number of carbonyl (C=O) groups is 1. The molecule has 1 amide bonds. The Hall–Kier alpha value is -2.95. The van der Waals surface area contributed by atoms with Crippen molar-refractivity contribution in [2.45, 2.75) is 45.2 Å². The van der Waals surface area contributed by atoms with Crippen LogP contribution in [0.15, 0.2) is 59.4 Å². The van der Waals surface area contributed by atoms with Crippen LogP contribution in [0.4, 0.5) is 0 Å². The van der Waals surface area contributed by atoms with Crippen LogP contribution in [0, 0.1) is 17.8 Å². The van der Waals surface area contributed by atoms with Crippen molar-refractivity contribution in [2.75, 3.05) is 0 Å². The van der Waals surface area contributed by atoms with Gasteiger partial charge in [-0.15, -0.1) is 0 Å². The van der Waals surface area contributed by atoms with Crippen LogP contribution < -0.4 is 5.56 Å². The number of fused-ring (bicyclic) bond motifs is 3. The molecule has 2 bridgehead atoms. The van der Waals surface area contributed by atoms with Crippen molar-refractivity contribution in [3.8, 4) is 0 Å². The Morgan fingerprint density at radius 1 is 1.00 bits per heavy atom. The average molecular weight is 402 g/mol. The number of nitrogens with zero attached hydrogens (tertiary/aromatic N) is 2. The predicted molar refractivity (Wildman–Crippen MR) is 117 cm³/mol. The molecule has 5 heteroatoms. The monoisotopic (exact) mass is 401 g/mol. The van der Waals surface area contributed by atoms with E-state index < -0.39 is 0 Å². The summed E-state index contributed by atoms with van der Waals surface area (Å²) in [4.78, 5) is 35.2. The molecule has 2 aliphatic rings. The molecule has 2 saturated carbocycles. The van der Waals surface area contributed by atoms with Gasteiger partial charge in [-0.25, -0.2) is 4.98 Å². The Morgan fingerprint density at radius 3 is 2.57 bits per heavy atom. The second-order valence-electron chi connectivity index (χ2n) is 8.90. The normalized spacial score (nSPS) is 22.5. The number of aromatic nitrogens is 2. The zero-order valence-corrected chi connectivity index (χ0v) is 17.1. The highest BCUT2D eigenvalue weighted by Gasteiger charge is 2.40. The molecule has 0 saturated heterocycles. The molecule has 0 spiro atoms. The maximum absolute atomic E-state index is 13.3. The topological polar surface area (TPSA) is 66.1 Å². The van der Waals surface area contributed by atoms with E-state index in [0.717, 1.165) is 17.4 Å². The zero-order valence-electron chi connectivity index (χ0n) is 17.1. The quantitative estimate of drug-likeness (QED) is 0.670. The van der Waals surface area contributed by atoms with Crippen molar-refractivity contribution >= 4 is 16.8 Å². The number of carbonyl (C=O) groups excluding carboxylic acids is 1. The molecule has 5 rings (SSSR count). The second-order valence-corrected chi connectivity index (χ2v) is 8.90. The SMILES string of the molecule is O=C(C[C@H]1C[C@H]2CC[C@H]1C2)N(Cc1ccccc1)Cc1nc2ccccc2c(=O)[nH]1. The highest BCUT2D eigenvalue weighted by Crippen LogP contribution is 2.49. The molecular formula is C25H27N3O2. The molecular weight excluding hydrogens is 374 g/mol. The maximum Gasteiger partial charge on any atom is 0.258 e. The number of amides is 1. The van der Waals surface area contributed by atoms with E-state index in [2.05, 4.69) is 9.97 Å². The molecule has 154 valence electrons. The first-order valence-electron chi connectivity index (χ1n) is 11.0. The molecule has 30 heavy (non-hydrogen) atoms. The Bertz CT molecular complexity index is 1110. The van der Waals surface area contributed by atoms with E-state index >= 15 is 0 Å². The summed E-state index contributed by atoms with van der Waals surface area (Å²) in [5.41, 5.74) is 1.59. The van der Waals surface area contributed by atoms with Gasteiger partial charge in [-0.2, -0.15) is 0 Å². The van der Waals surface area contributed by atoms with E-state index in [-0.39, 0.29) is 11.5 Å². The Labute approximate surface area is 176 Å². The lowest BCUT2D eigenvalue weighted by atomic mass is 9.86. The summed E-state index contributed by atoms with van der Waals surface area (Å²) >= 11 is 0. The van der Waals surface area contributed by atoms with Gasteiger partial charge in [0.05, 0.1) is 17.4 Å². The maximum atomic E-state index is 13.3. The second kappa shape index (κ2) is 8.05. The number of rotatable bonds is 6. The van der Waals surface area contributed by atoms with Crippen LogP contribution in [0.25, 0.3) is 10.9 Å². The third kappa shape index (κ3) is 3.89. The van der Waals surface area contributed by atoms with Gasteiger partial charge in [0.2, 0.25) is 5.91 Å². The van der Waals surface area contributed by atoms with E-state index in [1.165, 1.54) is 25.7 Å². The van der Waals surface area contributed by atoms with E-state index in [1.54, 1.807) is 6.07 Å². The molecule has 1 heterocycles. The third-order valence-electron chi connectivity index (χ3n) is 6.89. The number of hydrogen-bond acceptors (Lipinski definition) is 3. The number of benzene rings is 2. The minimum atomic E-state index is -0.157. The molecule has 2 fully saturated rings. The molecule has 0 radical (unpaired) electrons. The van der Waals surface area contributed by atoms with Crippen LogP contribution in [-0.2, 0) is 17.9 Å². The van der Waals surface area contributed by atoms with Crippen LogP contribution in [0.5, 0.6) is 0 Å². The van der Waals surface area contributed by atoms with E-state index in [1.807, 2.05) is 53.4 Å². The minimum Gasteiger partial charge on any atom is -0.331 e. The fourth-order valence-electron chi connectivity index (χ4n) is 5.41. The average Bonchev–Trinajstić information content (AvgIpc) is 3.37. The zero-order chi connectivity index (χ0) is 20.5. The van der Waals surface area contributed by atoms with Crippen molar-refractivity contribution < 1.29 is 4.79 Å². The minimum absolute atomic E-state index is 0.157. The van der Waals surface area contributed by atoms with Crippen molar-refractivity contribution in [1.82, 2.24) is 14.9 Å². The highest BCUT2D eigenvalue weighted by molar-refractivity contribution is 5.78. The van der Waals surface area contributed by atoms with Gasteiger partial charge >= 0.3 is 0 Å². The molecule has 0 unspecified atom stereocenters. The number of H-pyrrole nitrogens is 1. The Morgan fingerprint density at radius 2 is 1.80 bits per heavy atom. The smallest absolute Gasteiger partial charge is 0.258 e. The van der Waals surface area contributed by atoms with Gasteiger partial charge < -0.3 is 9.88 Å². The van der Waals surface area contributed by atoms with Crippen molar-refractivity contribution in [3.63, 3.8) is 0 Å². The first kappa shape index (κ1) is 19.0. The van der Waals surface area contributed by atoms with Crippen molar-refractivity contribution in [3.05, 3.63) is 76.3 Å². The Balaban J connectivity index is 1.39. The van der Waals surface area contributed by atoms with Crippen LogP contribution in [0.3, 0.4) is 0 Å². The fourth-order valence-corrected chi connectivity index (χ4v) is 5.41. The molecule has 3 aromatic rings. The first-order valence-corrected chi connectivity index (χ1v) is 11.0. The molecule has 1 aromatic heterocycles. The van der Waals surface area contributed by atoms with Gasteiger partial charge in [0, 0.05) is 13.0 Å². The number of aromatic amines is 1. The first-order chi connectivity index (χ1) is 14.7. The molecule has 5 nitrogen and oxygen atoms in total. The molecule has 2 aliphatic carbocycles. The van der Waals surface area contributed by atoms with E-state index in [4.69, 9.17) is 0 Å². The lowest BCUT2D eigenvalue weighted by molar-refractivity contribution is -0.134. The van der Waals surface area contributed by atoms with E-state index in [9.17, 15) is 9.59 Å². The fraction of sp³-hybridized carbons (Fsp3) is 0.400. The lowest BCUT2D eigenvalue weighted by Gasteiger charge is -2.27. The summed E-state index contributed by atoms with van der Waals surface area (Å²) < 4.78 is 0. The van der Waals surface area contributed by atoms with Gasteiger partial charge in [-0.1, -0.05) is 48.9 Å². The summed E-state index contributed by atoms with van der Waals surface area (Å²) in [5.74, 6) is 2.76. The van der Waals surface area contributed by atoms with Gasteiger partial charge in [-0.3, -0.25) is 9.59 Å². The Kier molecular flexibility index (Phi) is 5.11. The van der Waals surface area contributed by atoms with Crippen LogP contribution >= 0.6 is 0 Å².